The number of halogens is 1. The molecule has 0 radical (unpaired) electrons. The molecule has 0 amide bonds. The molecule has 1 aromatic heterocycles. The van der Waals surface area contributed by atoms with E-state index in [1.807, 2.05) is 25.1 Å². The normalized spacial score (nSPS) is 10.9. The number of nitrogens with zero attached hydrogens (tertiary/aromatic N) is 2. The highest BCUT2D eigenvalue weighted by molar-refractivity contribution is 9.10. The highest BCUT2D eigenvalue weighted by Crippen LogP contribution is 2.29. The molecule has 0 fully saturated rings. The van der Waals surface area contributed by atoms with E-state index in [4.69, 9.17) is 5.84 Å². The van der Waals surface area contributed by atoms with Gasteiger partial charge in [0.25, 0.3) is 0 Å². The molecule has 0 aliphatic heterocycles. The van der Waals surface area contributed by atoms with E-state index in [0.717, 1.165) is 21.3 Å². The first kappa shape index (κ1) is 14.9. The van der Waals surface area contributed by atoms with E-state index in [2.05, 4.69) is 52.1 Å². The van der Waals surface area contributed by atoms with Crippen LogP contribution in [0.15, 0.2) is 22.7 Å². The van der Waals surface area contributed by atoms with Crippen LogP contribution in [0.2, 0.25) is 0 Å². The summed E-state index contributed by atoms with van der Waals surface area (Å²) in [6.07, 6.45) is 0. The van der Waals surface area contributed by atoms with Crippen molar-refractivity contribution in [2.75, 3.05) is 5.43 Å². The predicted molar refractivity (Wildman–Crippen MR) is 86.5 cm³/mol. The zero-order valence-electron chi connectivity index (χ0n) is 12.2. The minimum Gasteiger partial charge on any atom is -0.308 e. The lowest BCUT2D eigenvalue weighted by molar-refractivity contribution is 0.832. The van der Waals surface area contributed by atoms with Crippen LogP contribution >= 0.6 is 15.9 Å². The monoisotopic (exact) mass is 334 g/mol. The highest BCUT2D eigenvalue weighted by Gasteiger charge is 2.15. The lowest BCUT2D eigenvalue weighted by atomic mass is 10.0. The molecule has 1 aromatic carbocycles. The summed E-state index contributed by atoms with van der Waals surface area (Å²) in [5, 5.41) is 0. The van der Waals surface area contributed by atoms with Gasteiger partial charge in [0, 0.05) is 21.3 Å². The zero-order valence-corrected chi connectivity index (χ0v) is 13.7. The second-order valence-corrected chi connectivity index (χ2v) is 6.01. The lowest BCUT2D eigenvalue weighted by Gasteiger charge is -2.15. The summed E-state index contributed by atoms with van der Waals surface area (Å²) in [6, 6.07) is 6.09. The van der Waals surface area contributed by atoms with E-state index in [1.165, 1.54) is 5.56 Å². The molecule has 2 aromatic rings. The van der Waals surface area contributed by atoms with Crippen molar-refractivity contribution >= 4 is 21.7 Å². The van der Waals surface area contributed by atoms with Crippen LogP contribution in [-0.4, -0.2) is 9.97 Å². The second kappa shape index (κ2) is 5.89. The van der Waals surface area contributed by atoms with Crippen LogP contribution in [-0.2, 0) is 0 Å². The molecule has 1 heterocycles. The fraction of sp³-hybridized carbons (Fsp3) is 0.333. The average molecular weight is 335 g/mol. The third kappa shape index (κ3) is 2.83. The Morgan fingerprint density at radius 2 is 1.90 bits per heavy atom. The molecule has 0 spiro atoms. The van der Waals surface area contributed by atoms with Gasteiger partial charge in [-0.15, -0.1) is 0 Å². The fourth-order valence-corrected chi connectivity index (χ4v) is 2.62. The summed E-state index contributed by atoms with van der Waals surface area (Å²) in [7, 11) is 0. The Balaban J connectivity index is 2.58. The Morgan fingerprint density at radius 3 is 2.45 bits per heavy atom. The number of nitrogens with one attached hydrogen (secondary N) is 1. The Hall–Kier alpha value is -1.46. The molecular weight excluding hydrogens is 316 g/mol. The maximum atomic E-state index is 5.61. The molecule has 4 nitrogen and oxygen atoms in total. The van der Waals surface area contributed by atoms with Crippen LogP contribution < -0.4 is 11.3 Å². The molecule has 0 saturated carbocycles. The highest BCUT2D eigenvalue weighted by atomic mass is 79.9. The van der Waals surface area contributed by atoms with Crippen molar-refractivity contribution < 1.29 is 0 Å². The van der Waals surface area contributed by atoms with Gasteiger partial charge in [-0.2, -0.15) is 0 Å². The van der Waals surface area contributed by atoms with Crippen LogP contribution in [0.1, 0.15) is 36.6 Å². The molecule has 0 bridgehead atoms. The number of anilines is 1. The predicted octanol–water partition coefficient (Wildman–Crippen LogP) is 3.93. The van der Waals surface area contributed by atoms with Gasteiger partial charge in [-0.25, -0.2) is 15.8 Å². The molecule has 5 heteroatoms. The quantitative estimate of drug-likeness (QED) is 0.659. The number of hydrogen-bond donors (Lipinski definition) is 2. The summed E-state index contributed by atoms with van der Waals surface area (Å²) in [4.78, 5) is 9.16. The Labute approximate surface area is 127 Å². The number of nitrogen functional groups attached to an aromatic ring is 1. The molecule has 2 rings (SSSR count). The van der Waals surface area contributed by atoms with Gasteiger partial charge in [-0.1, -0.05) is 41.9 Å². The third-order valence-corrected chi connectivity index (χ3v) is 4.13. The van der Waals surface area contributed by atoms with E-state index in [-0.39, 0.29) is 0 Å². The van der Waals surface area contributed by atoms with Crippen molar-refractivity contribution in [3.8, 4) is 11.4 Å². The van der Waals surface area contributed by atoms with E-state index in [9.17, 15) is 0 Å². The summed E-state index contributed by atoms with van der Waals surface area (Å²) < 4.78 is 1.05. The minimum atomic E-state index is 0.319. The molecule has 3 N–H and O–H groups in total. The van der Waals surface area contributed by atoms with Gasteiger partial charge in [0.05, 0.1) is 0 Å². The summed E-state index contributed by atoms with van der Waals surface area (Å²) in [5.74, 6) is 7.30. The van der Waals surface area contributed by atoms with E-state index in [0.29, 0.717) is 17.6 Å². The topological polar surface area (TPSA) is 63.8 Å². The van der Waals surface area contributed by atoms with Crippen LogP contribution in [0, 0.1) is 13.8 Å². The van der Waals surface area contributed by atoms with Gasteiger partial charge in [0.1, 0.15) is 5.82 Å². The van der Waals surface area contributed by atoms with Crippen LogP contribution in [0.4, 0.5) is 5.82 Å². The molecule has 106 valence electrons. The van der Waals surface area contributed by atoms with Crippen LogP contribution in [0.3, 0.4) is 0 Å². The summed E-state index contributed by atoms with van der Waals surface area (Å²) >= 11 is 3.54. The van der Waals surface area contributed by atoms with Gasteiger partial charge >= 0.3 is 0 Å². The van der Waals surface area contributed by atoms with Gasteiger partial charge in [0.2, 0.25) is 0 Å². The van der Waals surface area contributed by atoms with Gasteiger partial charge in [0.15, 0.2) is 5.82 Å². The number of aromatic nitrogens is 2. The SMILES string of the molecule is Cc1ccc(-c2nc(C)c(C(C)C)c(NN)n2)cc1Br. The zero-order chi connectivity index (χ0) is 14.9. The smallest absolute Gasteiger partial charge is 0.161 e. The molecule has 0 aliphatic carbocycles. The molecule has 0 unspecified atom stereocenters. The van der Waals surface area contributed by atoms with E-state index >= 15 is 0 Å². The molecule has 0 saturated heterocycles. The van der Waals surface area contributed by atoms with E-state index < -0.39 is 0 Å². The first-order chi connectivity index (χ1) is 9.43. The van der Waals surface area contributed by atoms with Gasteiger partial charge in [-0.05, 0) is 31.4 Å². The Bertz CT molecular complexity index is 638. The molecular formula is C15H19BrN4. The molecule has 20 heavy (non-hydrogen) atoms. The molecule has 0 aliphatic rings. The maximum absolute atomic E-state index is 5.61. The van der Waals surface area contributed by atoms with Crippen molar-refractivity contribution in [2.24, 2.45) is 5.84 Å². The van der Waals surface area contributed by atoms with Gasteiger partial charge in [-0.3, -0.25) is 0 Å². The number of nitrogens with two attached hydrogens (primary N) is 1. The Kier molecular flexibility index (Phi) is 4.40. The second-order valence-electron chi connectivity index (χ2n) is 5.16. The molecule has 0 atom stereocenters. The number of aryl methyl sites for hydroxylation is 2. The van der Waals surface area contributed by atoms with Crippen molar-refractivity contribution in [3.63, 3.8) is 0 Å². The summed E-state index contributed by atoms with van der Waals surface area (Å²) in [6.45, 7) is 8.25. The van der Waals surface area contributed by atoms with E-state index in [1.54, 1.807) is 0 Å². The first-order valence-corrected chi connectivity index (χ1v) is 7.35. The summed E-state index contributed by atoms with van der Waals surface area (Å²) in [5.41, 5.74) is 6.85. The van der Waals surface area contributed by atoms with Crippen LogP contribution in [0.25, 0.3) is 11.4 Å². The number of rotatable bonds is 3. The van der Waals surface area contributed by atoms with Gasteiger partial charge < -0.3 is 5.43 Å². The third-order valence-electron chi connectivity index (χ3n) is 3.28. The average Bonchev–Trinajstić information content (AvgIpc) is 2.40. The first-order valence-electron chi connectivity index (χ1n) is 6.55. The lowest BCUT2D eigenvalue weighted by Crippen LogP contribution is -2.14. The minimum absolute atomic E-state index is 0.319. The van der Waals surface area contributed by atoms with Crippen molar-refractivity contribution in [3.05, 3.63) is 39.5 Å². The van der Waals surface area contributed by atoms with Crippen molar-refractivity contribution in [2.45, 2.75) is 33.6 Å². The fourth-order valence-electron chi connectivity index (χ4n) is 2.24. The van der Waals surface area contributed by atoms with Crippen molar-refractivity contribution in [1.82, 2.24) is 9.97 Å². The number of hydrogen-bond acceptors (Lipinski definition) is 4. The van der Waals surface area contributed by atoms with Crippen LogP contribution in [0.5, 0.6) is 0 Å². The Morgan fingerprint density at radius 1 is 1.20 bits per heavy atom. The number of benzene rings is 1. The number of hydrazine groups is 1. The standard InChI is InChI=1S/C15H19BrN4/c1-8(2)13-10(4)18-14(19-15(13)20-17)11-6-5-9(3)12(16)7-11/h5-8H,17H2,1-4H3,(H,18,19,20). The maximum Gasteiger partial charge on any atom is 0.161 e. The van der Waals surface area contributed by atoms with Crippen molar-refractivity contribution in [1.29, 1.82) is 0 Å². The largest absolute Gasteiger partial charge is 0.308 e.